The average molecular weight is 257 g/mol. The van der Waals surface area contributed by atoms with Crippen LogP contribution in [0.4, 0.5) is 0 Å². The second-order valence-electron chi connectivity index (χ2n) is 5.60. The van der Waals surface area contributed by atoms with Gasteiger partial charge in [-0.1, -0.05) is 38.5 Å². The van der Waals surface area contributed by atoms with Gasteiger partial charge in [0.15, 0.2) is 0 Å². The average Bonchev–Trinajstić information content (AvgIpc) is 2.76. The second kappa shape index (κ2) is 5.01. The van der Waals surface area contributed by atoms with Gasteiger partial charge in [-0.15, -0.1) is 0 Å². The van der Waals surface area contributed by atoms with E-state index >= 15 is 0 Å². The van der Waals surface area contributed by atoms with Crippen LogP contribution in [-0.2, 0) is 6.42 Å². The molecule has 3 atom stereocenters. The molecule has 2 nitrogen and oxygen atoms in total. The van der Waals surface area contributed by atoms with Gasteiger partial charge >= 0.3 is 0 Å². The van der Waals surface area contributed by atoms with Crippen LogP contribution in [0.15, 0.2) is 28.7 Å². The van der Waals surface area contributed by atoms with E-state index in [1.165, 1.54) is 29.6 Å². The fourth-order valence-corrected chi connectivity index (χ4v) is 3.69. The first-order chi connectivity index (χ1) is 9.30. The summed E-state index contributed by atoms with van der Waals surface area (Å²) in [6.45, 7) is 4.52. The van der Waals surface area contributed by atoms with Gasteiger partial charge in [0.2, 0.25) is 0 Å². The molecule has 3 unspecified atom stereocenters. The molecule has 19 heavy (non-hydrogen) atoms. The zero-order valence-corrected chi connectivity index (χ0v) is 12.1. The molecular weight excluding hydrogens is 234 g/mol. The van der Waals surface area contributed by atoms with Crippen LogP contribution in [0.5, 0.6) is 0 Å². The van der Waals surface area contributed by atoms with Crippen molar-refractivity contribution in [2.24, 2.45) is 5.92 Å². The minimum atomic E-state index is 0.602. The third-order valence-electron chi connectivity index (χ3n) is 4.80. The van der Waals surface area contributed by atoms with Crippen LogP contribution in [0.1, 0.15) is 43.9 Å². The standard InChI is InChI=1S/C17H23NO/c1-4-11-14(10-15(11)18-3)17-12(5-2)13-8-6-7-9-16(13)19-17/h6-9,11,14-15,18H,4-5,10H2,1-3H3. The van der Waals surface area contributed by atoms with Crippen LogP contribution in [0.25, 0.3) is 11.0 Å². The molecule has 1 heterocycles. The first-order valence-electron chi connectivity index (χ1n) is 7.47. The fourth-order valence-electron chi connectivity index (χ4n) is 3.69. The van der Waals surface area contributed by atoms with Crippen molar-refractivity contribution in [1.29, 1.82) is 0 Å². The van der Waals surface area contributed by atoms with Crippen molar-refractivity contribution in [1.82, 2.24) is 5.32 Å². The van der Waals surface area contributed by atoms with E-state index in [1.807, 2.05) is 0 Å². The first-order valence-corrected chi connectivity index (χ1v) is 7.47. The molecule has 3 rings (SSSR count). The molecule has 1 fully saturated rings. The zero-order valence-electron chi connectivity index (χ0n) is 12.1. The molecule has 1 aliphatic carbocycles. The molecule has 2 aromatic rings. The van der Waals surface area contributed by atoms with E-state index in [9.17, 15) is 0 Å². The Morgan fingerprint density at radius 2 is 2.05 bits per heavy atom. The number of aryl methyl sites for hydroxylation is 1. The number of hydrogen-bond acceptors (Lipinski definition) is 2. The first kappa shape index (κ1) is 12.7. The van der Waals surface area contributed by atoms with Gasteiger partial charge in [0, 0.05) is 22.9 Å². The van der Waals surface area contributed by atoms with E-state index in [4.69, 9.17) is 4.42 Å². The molecule has 2 heteroatoms. The summed E-state index contributed by atoms with van der Waals surface area (Å²) in [5, 5.41) is 4.74. The highest BCUT2D eigenvalue weighted by atomic mass is 16.3. The Balaban J connectivity index is 2.01. The Hall–Kier alpha value is -1.28. The number of furan rings is 1. The molecule has 0 spiro atoms. The van der Waals surface area contributed by atoms with Gasteiger partial charge in [-0.05, 0) is 31.9 Å². The third kappa shape index (κ3) is 1.90. The lowest BCUT2D eigenvalue weighted by molar-refractivity contribution is 0.150. The van der Waals surface area contributed by atoms with Crippen LogP contribution in [0.2, 0.25) is 0 Å². The van der Waals surface area contributed by atoms with Gasteiger partial charge in [0.05, 0.1) is 0 Å². The predicted molar refractivity (Wildman–Crippen MR) is 79.6 cm³/mol. The summed E-state index contributed by atoms with van der Waals surface area (Å²) in [7, 11) is 2.07. The van der Waals surface area contributed by atoms with E-state index < -0.39 is 0 Å². The number of rotatable bonds is 4. The molecule has 0 saturated heterocycles. The highest BCUT2D eigenvalue weighted by Gasteiger charge is 2.42. The van der Waals surface area contributed by atoms with Crippen LogP contribution in [-0.4, -0.2) is 13.1 Å². The number of fused-ring (bicyclic) bond motifs is 1. The fraction of sp³-hybridized carbons (Fsp3) is 0.529. The molecule has 102 valence electrons. The van der Waals surface area contributed by atoms with E-state index in [-0.39, 0.29) is 0 Å². The van der Waals surface area contributed by atoms with Gasteiger partial charge in [0.25, 0.3) is 0 Å². The summed E-state index contributed by atoms with van der Waals surface area (Å²) < 4.78 is 6.19. The maximum atomic E-state index is 6.19. The van der Waals surface area contributed by atoms with E-state index in [1.54, 1.807) is 0 Å². The summed E-state index contributed by atoms with van der Waals surface area (Å²) in [5.41, 5.74) is 2.48. The Labute approximate surface area is 115 Å². The Morgan fingerprint density at radius 3 is 2.74 bits per heavy atom. The van der Waals surface area contributed by atoms with Gasteiger partial charge in [-0.2, -0.15) is 0 Å². The Morgan fingerprint density at radius 1 is 1.26 bits per heavy atom. The molecular formula is C17H23NO. The number of benzene rings is 1. The number of nitrogens with one attached hydrogen (secondary N) is 1. The Bertz CT molecular complexity index is 572. The molecule has 1 aromatic carbocycles. The molecule has 0 bridgehead atoms. The van der Waals surface area contributed by atoms with Gasteiger partial charge in [-0.3, -0.25) is 0 Å². The van der Waals surface area contributed by atoms with Crippen LogP contribution in [0.3, 0.4) is 0 Å². The highest BCUT2D eigenvalue weighted by molar-refractivity contribution is 5.82. The minimum absolute atomic E-state index is 0.602. The summed E-state index contributed by atoms with van der Waals surface area (Å²) >= 11 is 0. The summed E-state index contributed by atoms with van der Waals surface area (Å²) in [5.74, 6) is 2.57. The normalized spacial score (nSPS) is 26.6. The van der Waals surface area contributed by atoms with Crippen molar-refractivity contribution in [3.63, 3.8) is 0 Å². The third-order valence-corrected chi connectivity index (χ3v) is 4.80. The van der Waals surface area contributed by atoms with Crippen molar-refractivity contribution in [2.75, 3.05) is 7.05 Å². The number of para-hydroxylation sites is 1. The predicted octanol–water partition coefficient (Wildman–Crippen LogP) is 4.10. The van der Waals surface area contributed by atoms with E-state index in [0.717, 1.165) is 17.9 Å². The molecule has 0 radical (unpaired) electrons. The molecule has 0 aliphatic heterocycles. The topological polar surface area (TPSA) is 25.2 Å². The highest BCUT2D eigenvalue weighted by Crippen LogP contribution is 2.47. The van der Waals surface area contributed by atoms with E-state index in [0.29, 0.717) is 12.0 Å². The molecule has 1 aliphatic rings. The molecule has 1 aromatic heterocycles. The smallest absolute Gasteiger partial charge is 0.134 e. The van der Waals surface area contributed by atoms with Crippen molar-refractivity contribution < 1.29 is 4.42 Å². The van der Waals surface area contributed by atoms with Crippen LogP contribution >= 0.6 is 0 Å². The van der Waals surface area contributed by atoms with Gasteiger partial charge in [0.1, 0.15) is 11.3 Å². The summed E-state index contributed by atoms with van der Waals surface area (Å²) in [6, 6.07) is 9.11. The van der Waals surface area contributed by atoms with Crippen molar-refractivity contribution >= 4 is 11.0 Å². The molecule has 0 amide bonds. The van der Waals surface area contributed by atoms with Crippen molar-refractivity contribution in [2.45, 2.75) is 45.1 Å². The monoisotopic (exact) mass is 257 g/mol. The Kier molecular flexibility index (Phi) is 3.36. The van der Waals surface area contributed by atoms with Gasteiger partial charge < -0.3 is 9.73 Å². The van der Waals surface area contributed by atoms with E-state index in [2.05, 4.69) is 50.5 Å². The van der Waals surface area contributed by atoms with Crippen molar-refractivity contribution in [3.05, 3.63) is 35.6 Å². The minimum Gasteiger partial charge on any atom is -0.460 e. The van der Waals surface area contributed by atoms with Crippen LogP contribution < -0.4 is 5.32 Å². The lowest BCUT2D eigenvalue weighted by Crippen LogP contribution is -2.47. The second-order valence-corrected chi connectivity index (χ2v) is 5.60. The van der Waals surface area contributed by atoms with Crippen molar-refractivity contribution in [3.8, 4) is 0 Å². The summed E-state index contributed by atoms with van der Waals surface area (Å²) in [6.07, 6.45) is 3.49. The number of hydrogen-bond donors (Lipinski definition) is 1. The maximum absolute atomic E-state index is 6.19. The maximum Gasteiger partial charge on any atom is 0.134 e. The van der Waals surface area contributed by atoms with Crippen LogP contribution in [0, 0.1) is 5.92 Å². The quantitative estimate of drug-likeness (QED) is 0.892. The molecule has 1 N–H and O–H groups in total. The lowest BCUT2D eigenvalue weighted by Gasteiger charge is -2.43. The lowest BCUT2D eigenvalue weighted by atomic mass is 9.66. The van der Waals surface area contributed by atoms with Gasteiger partial charge in [-0.25, -0.2) is 0 Å². The summed E-state index contributed by atoms with van der Waals surface area (Å²) in [4.78, 5) is 0. The zero-order chi connectivity index (χ0) is 13.4. The molecule has 1 saturated carbocycles. The largest absolute Gasteiger partial charge is 0.460 e. The SMILES string of the molecule is CCc1c(C2CC(NC)C2CC)oc2ccccc12.